The zero-order chi connectivity index (χ0) is 16.4. The molecule has 0 radical (unpaired) electrons. The number of aromatic hydroxyl groups is 2. The van der Waals surface area contributed by atoms with Gasteiger partial charge in [-0.05, 0) is 36.8 Å². The Labute approximate surface area is 131 Å². The summed E-state index contributed by atoms with van der Waals surface area (Å²) in [5.41, 5.74) is 4.13. The van der Waals surface area contributed by atoms with Crippen LogP contribution < -0.4 is 5.43 Å². The van der Waals surface area contributed by atoms with E-state index in [1.54, 1.807) is 31.2 Å². The van der Waals surface area contributed by atoms with Crippen LogP contribution in [0.1, 0.15) is 21.5 Å². The highest BCUT2D eigenvalue weighted by atomic mass is 16.3. The number of benzene rings is 2. The Hall–Kier alpha value is -3.28. The van der Waals surface area contributed by atoms with Crippen LogP contribution in [0.5, 0.6) is 11.5 Å². The third kappa shape index (κ3) is 2.74. The molecule has 0 saturated heterocycles. The maximum atomic E-state index is 12.1. The van der Waals surface area contributed by atoms with Crippen LogP contribution in [0.25, 0.3) is 11.0 Å². The van der Waals surface area contributed by atoms with Crippen molar-refractivity contribution >= 4 is 23.1 Å². The highest BCUT2D eigenvalue weighted by molar-refractivity contribution is 6.03. The van der Waals surface area contributed by atoms with Gasteiger partial charge in [0.05, 0.1) is 23.4 Å². The molecule has 0 unspecified atom stereocenters. The molecule has 3 aromatic rings. The van der Waals surface area contributed by atoms with E-state index >= 15 is 0 Å². The van der Waals surface area contributed by atoms with Crippen molar-refractivity contribution in [3.05, 3.63) is 59.4 Å². The molecule has 0 bridgehead atoms. The molecule has 6 nitrogen and oxygen atoms in total. The van der Waals surface area contributed by atoms with Gasteiger partial charge in [0.25, 0.3) is 5.91 Å². The minimum Gasteiger partial charge on any atom is -0.507 e. The SMILES string of the molecule is Cc1coc2ccc(C(=O)N/N=C/c3ccccc3O)c(O)c12. The first-order chi connectivity index (χ1) is 11.1. The molecule has 0 spiro atoms. The van der Waals surface area contributed by atoms with E-state index in [1.807, 2.05) is 0 Å². The average molecular weight is 310 g/mol. The van der Waals surface area contributed by atoms with Crippen molar-refractivity contribution in [3.63, 3.8) is 0 Å². The van der Waals surface area contributed by atoms with E-state index < -0.39 is 5.91 Å². The first-order valence-electron chi connectivity index (χ1n) is 6.89. The summed E-state index contributed by atoms with van der Waals surface area (Å²) in [5.74, 6) is -0.649. The Kier molecular flexibility index (Phi) is 3.72. The molecule has 1 amide bonds. The predicted octanol–water partition coefficient (Wildman–Crippen LogP) is 2.92. The molecule has 23 heavy (non-hydrogen) atoms. The third-order valence-electron chi connectivity index (χ3n) is 3.45. The van der Waals surface area contributed by atoms with Crippen LogP contribution in [0, 0.1) is 6.92 Å². The lowest BCUT2D eigenvalue weighted by molar-refractivity contribution is 0.0952. The predicted molar refractivity (Wildman–Crippen MR) is 85.8 cm³/mol. The quantitative estimate of drug-likeness (QED) is 0.512. The molecule has 0 atom stereocenters. The van der Waals surface area contributed by atoms with Crippen molar-refractivity contribution in [3.8, 4) is 11.5 Å². The van der Waals surface area contributed by atoms with E-state index in [-0.39, 0.29) is 17.1 Å². The fraction of sp³-hybridized carbons (Fsp3) is 0.0588. The molecule has 0 fully saturated rings. The number of hydrazone groups is 1. The lowest BCUT2D eigenvalue weighted by atomic mass is 10.1. The molecule has 3 N–H and O–H groups in total. The Morgan fingerprint density at radius 1 is 1.22 bits per heavy atom. The van der Waals surface area contributed by atoms with Crippen LogP contribution in [0.3, 0.4) is 0 Å². The Morgan fingerprint density at radius 2 is 2.00 bits per heavy atom. The number of para-hydroxylation sites is 1. The molecular weight excluding hydrogens is 296 g/mol. The number of fused-ring (bicyclic) bond motifs is 1. The second-order valence-corrected chi connectivity index (χ2v) is 5.01. The molecule has 6 heteroatoms. The van der Waals surface area contributed by atoms with Gasteiger partial charge < -0.3 is 14.6 Å². The maximum Gasteiger partial charge on any atom is 0.275 e. The monoisotopic (exact) mass is 310 g/mol. The van der Waals surface area contributed by atoms with E-state index in [2.05, 4.69) is 10.5 Å². The molecular formula is C17H14N2O4. The number of aryl methyl sites for hydroxylation is 1. The van der Waals surface area contributed by atoms with E-state index in [4.69, 9.17) is 4.42 Å². The summed E-state index contributed by atoms with van der Waals surface area (Å²) in [7, 11) is 0. The number of nitrogens with zero attached hydrogens (tertiary/aromatic N) is 1. The minimum atomic E-state index is -0.559. The van der Waals surface area contributed by atoms with Crippen LogP contribution in [0.15, 0.2) is 52.2 Å². The van der Waals surface area contributed by atoms with Crippen molar-refractivity contribution in [1.82, 2.24) is 5.43 Å². The summed E-state index contributed by atoms with van der Waals surface area (Å²) in [4.78, 5) is 12.1. The lowest BCUT2D eigenvalue weighted by Gasteiger charge is -2.04. The van der Waals surface area contributed by atoms with Crippen molar-refractivity contribution in [1.29, 1.82) is 0 Å². The Morgan fingerprint density at radius 3 is 2.78 bits per heavy atom. The van der Waals surface area contributed by atoms with Gasteiger partial charge in [-0.3, -0.25) is 4.79 Å². The second-order valence-electron chi connectivity index (χ2n) is 5.01. The van der Waals surface area contributed by atoms with Crippen molar-refractivity contribution < 1.29 is 19.4 Å². The molecule has 1 heterocycles. The molecule has 3 rings (SSSR count). The fourth-order valence-corrected chi connectivity index (χ4v) is 2.26. The second kappa shape index (κ2) is 5.84. The van der Waals surface area contributed by atoms with E-state index in [1.165, 1.54) is 24.6 Å². The van der Waals surface area contributed by atoms with Crippen LogP contribution in [0.2, 0.25) is 0 Å². The zero-order valence-electron chi connectivity index (χ0n) is 12.3. The van der Waals surface area contributed by atoms with Gasteiger partial charge in [0.1, 0.15) is 17.1 Å². The first kappa shape index (κ1) is 14.6. The summed E-state index contributed by atoms with van der Waals surface area (Å²) in [6, 6.07) is 9.68. The van der Waals surface area contributed by atoms with E-state index in [0.29, 0.717) is 16.5 Å². The van der Waals surface area contributed by atoms with E-state index in [9.17, 15) is 15.0 Å². The molecule has 0 aliphatic rings. The Bertz CT molecular complexity index is 912. The van der Waals surface area contributed by atoms with Gasteiger partial charge in [-0.1, -0.05) is 12.1 Å². The van der Waals surface area contributed by atoms with Crippen molar-refractivity contribution in [2.45, 2.75) is 6.92 Å². The molecule has 0 saturated carbocycles. The number of phenols is 2. The Balaban J connectivity index is 1.83. The minimum absolute atomic E-state index is 0.0591. The lowest BCUT2D eigenvalue weighted by Crippen LogP contribution is -2.17. The van der Waals surface area contributed by atoms with Gasteiger partial charge >= 0.3 is 0 Å². The van der Waals surface area contributed by atoms with Gasteiger partial charge in [0.2, 0.25) is 0 Å². The fourth-order valence-electron chi connectivity index (χ4n) is 2.26. The largest absolute Gasteiger partial charge is 0.507 e. The number of carbonyl (C=O) groups is 1. The van der Waals surface area contributed by atoms with Crippen LogP contribution >= 0.6 is 0 Å². The molecule has 0 aliphatic carbocycles. The summed E-state index contributed by atoms with van der Waals surface area (Å²) in [6.45, 7) is 1.78. The molecule has 1 aromatic heterocycles. The third-order valence-corrected chi connectivity index (χ3v) is 3.45. The summed E-state index contributed by atoms with van der Waals surface area (Å²) in [5, 5.41) is 24.1. The van der Waals surface area contributed by atoms with Crippen LogP contribution in [0.4, 0.5) is 0 Å². The highest BCUT2D eigenvalue weighted by Crippen LogP contribution is 2.32. The van der Waals surface area contributed by atoms with Gasteiger partial charge in [-0.15, -0.1) is 0 Å². The maximum absolute atomic E-state index is 12.1. The number of phenolic OH excluding ortho intramolecular Hbond substituents is 2. The van der Waals surface area contributed by atoms with Crippen molar-refractivity contribution in [2.75, 3.05) is 0 Å². The highest BCUT2D eigenvalue weighted by Gasteiger charge is 2.16. The van der Waals surface area contributed by atoms with Crippen LogP contribution in [-0.2, 0) is 0 Å². The number of furan rings is 1. The normalized spacial score (nSPS) is 11.2. The van der Waals surface area contributed by atoms with Gasteiger partial charge in [0.15, 0.2) is 0 Å². The van der Waals surface area contributed by atoms with Gasteiger partial charge in [-0.25, -0.2) is 5.43 Å². The molecule has 116 valence electrons. The summed E-state index contributed by atoms with van der Waals surface area (Å²) in [6.07, 6.45) is 2.84. The average Bonchev–Trinajstić information content (AvgIpc) is 2.91. The number of carbonyl (C=O) groups excluding carboxylic acids is 1. The summed E-state index contributed by atoms with van der Waals surface area (Å²) >= 11 is 0. The number of nitrogens with one attached hydrogen (secondary N) is 1. The van der Waals surface area contributed by atoms with Gasteiger partial charge in [0, 0.05) is 5.56 Å². The van der Waals surface area contributed by atoms with Crippen LogP contribution in [-0.4, -0.2) is 22.3 Å². The topological polar surface area (TPSA) is 95.1 Å². The summed E-state index contributed by atoms with van der Waals surface area (Å²) < 4.78 is 5.27. The number of hydrogen-bond donors (Lipinski definition) is 3. The molecule has 0 aliphatic heterocycles. The van der Waals surface area contributed by atoms with E-state index in [0.717, 1.165) is 5.56 Å². The van der Waals surface area contributed by atoms with Crippen molar-refractivity contribution in [2.24, 2.45) is 5.10 Å². The number of amides is 1. The standard InChI is InChI=1S/C17H14N2O4/c1-10-9-23-14-7-6-12(16(21)15(10)14)17(22)19-18-8-11-4-2-3-5-13(11)20/h2-9,20-21H,1H3,(H,19,22)/b18-8+. The van der Waals surface area contributed by atoms with Gasteiger partial charge in [-0.2, -0.15) is 5.10 Å². The smallest absolute Gasteiger partial charge is 0.275 e. The first-order valence-corrected chi connectivity index (χ1v) is 6.89. The zero-order valence-corrected chi connectivity index (χ0v) is 12.3. The number of hydrogen-bond acceptors (Lipinski definition) is 5. The molecule has 2 aromatic carbocycles. The number of rotatable bonds is 3.